The molecule has 0 heterocycles. The average molecular weight is 336 g/mol. The second-order valence-electron chi connectivity index (χ2n) is 6.33. The molecule has 0 aromatic heterocycles. The van der Waals surface area contributed by atoms with Gasteiger partial charge in [0.15, 0.2) is 6.10 Å². The van der Waals surface area contributed by atoms with E-state index in [-0.39, 0.29) is 5.91 Å². The second-order valence-corrected chi connectivity index (χ2v) is 7.74. The van der Waals surface area contributed by atoms with Crippen LogP contribution in [0.1, 0.15) is 50.2 Å². The van der Waals surface area contributed by atoms with Crippen molar-refractivity contribution in [2.75, 3.05) is 12.3 Å². The topological polar surface area (TPSA) is 38.3 Å². The van der Waals surface area contributed by atoms with Crippen molar-refractivity contribution in [3.05, 3.63) is 29.3 Å². The molecule has 0 saturated heterocycles. The van der Waals surface area contributed by atoms with E-state index in [1.54, 1.807) is 0 Å². The molecular formula is C19H29NO2S. The monoisotopic (exact) mass is 335 g/mol. The van der Waals surface area contributed by atoms with Gasteiger partial charge in [-0.1, -0.05) is 25.8 Å². The summed E-state index contributed by atoms with van der Waals surface area (Å²) in [6.45, 7) is 6.85. The molecule has 1 aliphatic carbocycles. The van der Waals surface area contributed by atoms with Crippen molar-refractivity contribution < 1.29 is 9.53 Å². The quantitative estimate of drug-likeness (QED) is 0.722. The minimum atomic E-state index is -0.409. The Balaban J connectivity index is 1.75. The van der Waals surface area contributed by atoms with Gasteiger partial charge < -0.3 is 10.1 Å². The Labute approximate surface area is 144 Å². The van der Waals surface area contributed by atoms with Gasteiger partial charge in [0, 0.05) is 17.5 Å². The maximum absolute atomic E-state index is 12.3. The normalized spacial score (nSPS) is 16.3. The molecule has 0 bridgehead atoms. The summed E-state index contributed by atoms with van der Waals surface area (Å²) in [6, 6.07) is 5.98. The van der Waals surface area contributed by atoms with E-state index in [1.807, 2.05) is 36.9 Å². The van der Waals surface area contributed by atoms with Crippen LogP contribution < -0.4 is 10.1 Å². The van der Waals surface area contributed by atoms with E-state index in [0.29, 0.717) is 6.42 Å². The summed E-state index contributed by atoms with van der Waals surface area (Å²) in [6.07, 6.45) is 5.68. The predicted octanol–water partition coefficient (Wildman–Crippen LogP) is 4.25. The number of ether oxygens (including phenoxy) is 1. The zero-order valence-corrected chi connectivity index (χ0v) is 15.4. The largest absolute Gasteiger partial charge is 0.481 e. The van der Waals surface area contributed by atoms with Gasteiger partial charge in [0.2, 0.25) is 0 Å². The summed E-state index contributed by atoms with van der Waals surface area (Å²) < 4.78 is 5.87. The third kappa shape index (κ3) is 5.76. The smallest absolute Gasteiger partial charge is 0.261 e. The standard InChI is InChI=1S/C19H29NO2S/c1-4-18(22-16-10-9-14(2)15(3)13-16)19(21)20-11-12-23-17-7-5-6-8-17/h9-10,13,17-18H,4-8,11-12H2,1-3H3,(H,20,21)/t18-/m0/s1. The highest BCUT2D eigenvalue weighted by Gasteiger charge is 2.19. The number of aryl methyl sites for hydroxylation is 2. The van der Waals surface area contributed by atoms with Gasteiger partial charge in [-0.05, 0) is 56.4 Å². The Kier molecular flexibility index (Phi) is 7.28. The van der Waals surface area contributed by atoms with Crippen LogP contribution in [0.5, 0.6) is 5.75 Å². The Morgan fingerprint density at radius 3 is 2.70 bits per heavy atom. The minimum absolute atomic E-state index is 0.00208. The molecule has 1 aromatic rings. The molecule has 1 aromatic carbocycles. The van der Waals surface area contributed by atoms with Gasteiger partial charge in [0.1, 0.15) is 5.75 Å². The molecule has 1 amide bonds. The highest BCUT2D eigenvalue weighted by atomic mass is 32.2. The molecule has 1 N–H and O–H groups in total. The molecule has 1 saturated carbocycles. The predicted molar refractivity (Wildman–Crippen MR) is 98.3 cm³/mol. The van der Waals surface area contributed by atoms with Crippen molar-refractivity contribution in [2.45, 2.75) is 64.2 Å². The third-order valence-corrected chi connectivity index (χ3v) is 5.86. The Bertz CT molecular complexity index is 512. The molecule has 0 aliphatic heterocycles. The molecule has 23 heavy (non-hydrogen) atoms. The molecule has 3 nitrogen and oxygen atoms in total. The van der Waals surface area contributed by atoms with Crippen LogP contribution in [-0.2, 0) is 4.79 Å². The van der Waals surface area contributed by atoms with Crippen LogP contribution in [0.15, 0.2) is 18.2 Å². The van der Waals surface area contributed by atoms with E-state index in [2.05, 4.69) is 19.2 Å². The fraction of sp³-hybridized carbons (Fsp3) is 0.632. The molecule has 1 fully saturated rings. The molecule has 0 radical (unpaired) electrons. The first-order chi connectivity index (χ1) is 11.1. The van der Waals surface area contributed by atoms with Crippen molar-refractivity contribution in [2.24, 2.45) is 0 Å². The van der Waals surface area contributed by atoms with Crippen LogP contribution >= 0.6 is 11.8 Å². The lowest BCUT2D eigenvalue weighted by Crippen LogP contribution is -2.39. The molecule has 128 valence electrons. The number of thioether (sulfide) groups is 1. The zero-order valence-electron chi connectivity index (χ0n) is 14.6. The highest BCUT2D eigenvalue weighted by molar-refractivity contribution is 7.99. The van der Waals surface area contributed by atoms with Gasteiger partial charge in [-0.3, -0.25) is 4.79 Å². The van der Waals surface area contributed by atoms with Crippen LogP contribution in [0, 0.1) is 13.8 Å². The summed E-state index contributed by atoms with van der Waals surface area (Å²) in [5, 5.41) is 3.83. The van der Waals surface area contributed by atoms with E-state index >= 15 is 0 Å². The van der Waals surface area contributed by atoms with Crippen LogP contribution in [0.25, 0.3) is 0 Å². The van der Waals surface area contributed by atoms with Crippen molar-refractivity contribution in [3.63, 3.8) is 0 Å². The highest BCUT2D eigenvalue weighted by Crippen LogP contribution is 2.28. The van der Waals surface area contributed by atoms with Crippen LogP contribution in [0.3, 0.4) is 0 Å². The number of amides is 1. The Hall–Kier alpha value is -1.16. The summed E-state index contributed by atoms with van der Waals surface area (Å²) in [5.74, 6) is 1.77. The maximum Gasteiger partial charge on any atom is 0.261 e. The van der Waals surface area contributed by atoms with E-state index in [4.69, 9.17) is 4.74 Å². The molecular weight excluding hydrogens is 306 g/mol. The van der Waals surface area contributed by atoms with Gasteiger partial charge in [0.05, 0.1) is 0 Å². The molecule has 1 aliphatic rings. The van der Waals surface area contributed by atoms with Crippen LogP contribution in [0.4, 0.5) is 0 Å². The number of benzene rings is 1. The molecule has 4 heteroatoms. The number of hydrogen-bond acceptors (Lipinski definition) is 3. The van der Waals surface area contributed by atoms with E-state index < -0.39 is 6.10 Å². The van der Waals surface area contributed by atoms with Gasteiger partial charge in [0.25, 0.3) is 5.91 Å². The number of hydrogen-bond donors (Lipinski definition) is 1. The van der Waals surface area contributed by atoms with E-state index in [0.717, 1.165) is 23.3 Å². The maximum atomic E-state index is 12.3. The fourth-order valence-electron chi connectivity index (χ4n) is 2.84. The fourth-order valence-corrected chi connectivity index (χ4v) is 4.06. The van der Waals surface area contributed by atoms with Crippen molar-refractivity contribution >= 4 is 17.7 Å². The summed E-state index contributed by atoms with van der Waals surface area (Å²) in [4.78, 5) is 12.3. The lowest BCUT2D eigenvalue weighted by Gasteiger charge is -2.18. The summed E-state index contributed by atoms with van der Waals surface area (Å²) >= 11 is 2.00. The molecule has 0 unspecified atom stereocenters. The van der Waals surface area contributed by atoms with Crippen LogP contribution in [0.2, 0.25) is 0 Å². The third-order valence-electron chi connectivity index (χ3n) is 4.48. The molecule has 2 rings (SSSR count). The van der Waals surface area contributed by atoms with Gasteiger partial charge in [-0.2, -0.15) is 11.8 Å². The number of nitrogens with one attached hydrogen (secondary N) is 1. The van der Waals surface area contributed by atoms with E-state index in [9.17, 15) is 4.79 Å². The minimum Gasteiger partial charge on any atom is -0.481 e. The molecule has 1 atom stereocenters. The van der Waals surface area contributed by atoms with Gasteiger partial charge >= 0.3 is 0 Å². The number of rotatable bonds is 8. The van der Waals surface area contributed by atoms with Crippen LogP contribution in [-0.4, -0.2) is 29.6 Å². The van der Waals surface area contributed by atoms with E-state index in [1.165, 1.54) is 36.8 Å². The lowest BCUT2D eigenvalue weighted by molar-refractivity contribution is -0.127. The first kappa shape index (κ1) is 18.2. The SMILES string of the molecule is CC[C@H](Oc1ccc(C)c(C)c1)C(=O)NCCSC1CCCC1. The lowest BCUT2D eigenvalue weighted by atomic mass is 10.1. The van der Waals surface area contributed by atoms with Gasteiger partial charge in [-0.15, -0.1) is 0 Å². The summed E-state index contributed by atoms with van der Waals surface area (Å²) in [5.41, 5.74) is 2.42. The Morgan fingerprint density at radius 2 is 2.04 bits per heavy atom. The molecule has 0 spiro atoms. The van der Waals surface area contributed by atoms with Crippen molar-refractivity contribution in [1.82, 2.24) is 5.32 Å². The first-order valence-corrected chi connectivity index (χ1v) is 9.78. The van der Waals surface area contributed by atoms with Gasteiger partial charge in [-0.25, -0.2) is 0 Å². The van der Waals surface area contributed by atoms with Crippen molar-refractivity contribution in [3.8, 4) is 5.75 Å². The second kappa shape index (κ2) is 9.21. The summed E-state index contributed by atoms with van der Waals surface area (Å²) in [7, 11) is 0. The zero-order chi connectivity index (χ0) is 16.7. The average Bonchev–Trinajstić information content (AvgIpc) is 3.05. The number of carbonyl (C=O) groups is 1. The first-order valence-electron chi connectivity index (χ1n) is 8.73. The number of carbonyl (C=O) groups excluding carboxylic acids is 1. The Morgan fingerprint density at radius 1 is 1.30 bits per heavy atom. The van der Waals surface area contributed by atoms with Crippen molar-refractivity contribution in [1.29, 1.82) is 0 Å².